The van der Waals surface area contributed by atoms with Crippen molar-refractivity contribution in [2.75, 3.05) is 5.32 Å². The molecule has 1 aromatic carbocycles. The first-order chi connectivity index (χ1) is 8.56. The van der Waals surface area contributed by atoms with Gasteiger partial charge in [-0.3, -0.25) is 4.79 Å². The number of benzene rings is 1. The van der Waals surface area contributed by atoms with Gasteiger partial charge in [0.05, 0.1) is 10.7 Å². The number of aryl methyl sites for hydroxylation is 1. The molecule has 0 bridgehead atoms. The van der Waals surface area contributed by atoms with Gasteiger partial charge in [-0.2, -0.15) is 0 Å². The van der Waals surface area contributed by atoms with E-state index in [1.54, 1.807) is 24.3 Å². The molecule has 0 aliphatic heterocycles. The number of halogens is 2. The van der Waals surface area contributed by atoms with E-state index in [1.165, 1.54) is 0 Å². The van der Waals surface area contributed by atoms with Crippen molar-refractivity contribution in [1.29, 1.82) is 0 Å². The minimum Gasteiger partial charge on any atom is -0.319 e. The monoisotopic (exact) mass is 324 g/mol. The second-order valence-corrected chi connectivity index (χ2v) is 5.07. The van der Waals surface area contributed by atoms with Crippen molar-refractivity contribution in [3.63, 3.8) is 0 Å². The third-order valence-corrected chi connectivity index (χ3v) is 3.12. The molecule has 0 unspecified atom stereocenters. The molecule has 0 radical (unpaired) electrons. The van der Waals surface area contributed by atoms with Gasteiger partial charge in [-0.05, 0) is 37.3 Å². The van der Waals surface area contributed by atoms with Crippen LogP contribution in [0.2, 0.25) is 5.02 Å². The summed E-state index contributed by atoms with van der Waals surface area (Å²) in [6.45, 7) is 1.84. The van der Waals surface area contributed by atoms with Gasteiger partial charge in [-0.25, -0.2) is 4.98 Å². The van der Waals surface area contributed by atoms with E-state index in [4.69, 9.17) is 11.6 Å². The number of hydrogen-bond acceptors (Lipinski definition) is 2. The summed E-state index contributed by atoms with van der Waals surface area (Å²) in [7, 11) is 0. The van der Waals surface area contributed by atoms with Crippen LogP contribution in [-0.2, 0) is 0 Å². The van der Waals surface area contributed by atoms with Crippen LogP contribution in [0.25, 0.3) is 0 Å². The molecule has 0 spiro atoms. The number of anilines is 1. The van der Waals surface area contributed by atoms with E-state index >= 15 is 0 Å². The molecule has 92 valence electrons. The van der Waals surface area contributed by atoms with E-state index in [1.807, 2.05) is 19.1 Å². The Kier molecular flexibility index (Phi) is 3.99. The van der Waals surface area contributed by atoms with Crippen molar-refractivity contribution in [3.05, 3.63) is 57.3 Å². The minimum atomic E-state index is -0.279. The lowest BCUT2D eigenvalue weighted by Crippen LogP contribution is -2.14. The summed E-state index contributed by atoms with van der Waals surface area (Å²) in [4.78, 5) is 16.1. The number of carbonyl (C=O) groups excluding carboxylic acids is 1. The van der Waals surface area contributed by atoms with Crippen LogP contribution in [0, 0.1) is 6.92 Å². The number of amides is 1. The van der Waals surface area contributed by atoms with Crippen LogP contribution in [-0.4, -0.2) is 10.9 Å². The maximum Gasteiger partial charge on any atom is 0.274 e. The van der Waals surface area contributed by atoms with Crippen molar-refractivity contribution >= 4 is 39.1 Å². The maximum absolute atomic E-state index is 12.0. The van der Waals surface area contributed by atoms with Gasteiger partial charge in [0.1, 0.15) is 5.69 Å². The third-order valence-electron chi connectivity index (χ3n) is 2.30. The van der Waals surface area contributed by atoms with Gasteiger partial charge in [-0.1, -0.05) is 33.6 Å². The zero-order valence-corrected chi connectivity index (χ0v) is 11.9. The summed E-state index contributed by atoms with van der Waals surface area (Å²) in [6.07, 6.45) is 0. The second kappa shape index (κ2) is 5.50. The molecule has 18 heavy (non-hydrogen) atoms. The highest BCUT2D eigenvalue weighted by Gasteiger charge is 2.10. The number of pyridine rings is 1. The van der Waals surface area contributed by atoms with Gasteiger partial charge in [-0.15, -0.1) is 0 Å². The molecule has 3 nitrogen and oxygen atoms in total. The summed E-state index contributed by atoms with van der Waals surface area (Å²) in [5.41, 5.74) is 1.72. The van der Waals surface area contributed by atoms with Crippen LogP contribution >= 0.6 is 27.5 Å². The van der Waals surface area contributed by atoms with Crippen molar-refractivity contribution in [2.24, 2.45) is 0 Å². The predicted molar refractivity (Wildman–Crippen MR) is 76.1 cm³/mol. The van der Waals surface area contributed by atoms with Crippen molar-refractivity contribution in [3.8, 4) is 0 Å². The van der Waals surface area contributed by atoms with Crippen LogP contribution in [0.4, 0.5) is 5.69 Å². The number of nitrogens with one attached hydrogen (secondary N) is 1. The highest BCUT2D eigenvalue weighted by Crippen LogP contribution is 2.25. The summed E-state index contributed by atoms with van der Waals surface area (Å²) in [5.74, 6) is -0.279. The molecule has 5 heteroatoms. The molecular weight excluding hydrogens is 316 g/mol. The Morgan fingerprint density at radius 1 is 1.33 bits per heavy atom. The smallest absolute Gasteiger partial charge is 0.274 e. The fourth-order valence-corrected chi connectivity index (χ4v) is 1.98. The Balaban J connectivity index is 2.24. The predicted octanol–water partition coefficient (Wildman–Crippen LogP) is 4.06. The van der Waals surface area contributed by atoms with E-state index in [2.05, 4.69) is 26.2 Å². The van der Waals surface area contributed by atoms with Crippen LogP contribution in [0.1, 0.15) is 16.2 Å². The van der Waals surface area contributed by atoms with Crippen LogP contribution in [0.15, 0.2) is 40.9 Å². The molecule has 1 N–H and O–H groups in total. The zero-order valence-electron chi connectivity index (χ0n) is 9.58. The Hall–Kier alpha value is -1.39. The lowest BCUT2D eigenvalue weighted by molar-refractivity contribution is 0.102. The minimum absolute atomic E-state index is 0.279. The quantitative estimate of drug-likeness (QED) is 0.905. The highest BCUT2D eigenvalue weighted by molar-refractivity contribution is 9.10. The van der Waals surface area contributed by atoms with Crippen LogP contribution in [0.3, 0.4) is 0 Å². The summed E-state index contributed by atoms with van der Waals surface area (Å²) in [6, 6.07) is 10.6. The topological polar surface area (TPSA) is 42.0 Å². The largest absolute Gasteiger partial charge is 0.319 e. The van der Waals surface area contributed by atoms with E-state index in [-0.39, 0.29) is 5.91 Å². The first-order valence-corrected chi connectivity index (χ1v) is 6.43. The van der Waals surface area contributed by atoms with Crippen molar-refractivity contribution in [1.82, 2.24) is 4.98 Å². The van der Waals surface area contributed by atoms with E-state index < -0.39 is 0 Å². The van der Waals surface area contributed by atoms with E-state index in [0.29, 0.717) is 16.4 Å². The fraction of sp³-hybridized carbons (Fsp3) is 0.0769. The molecule has 0 aliphatic carbocycles. The zero-order chi connectivity index (χ0) is 13.1. The molecular formula is C13H10BrClN2O. The number of hydrogen-bond donors (Lipinski definition) is 1. The SMILES string of the molecule is Cc1cccc(C(=O)Nc2cc(Br)ccc2Cl)n1. The number of aromatic nitrogens is 1. The lowest BCUT2D eigenvalue weighted by atomic mass is 10.2. The van der Waals surface area contributed by atoms with Gasteiger partial charge < -0.3 is 5.32 Å². The fourth-order valence-electron chi connectivity index (χ4n) is 1.45. The third kappa shape index (κ3) is 3.09. The van der Waals surface area contributed by atoms with Gasteiger partial charge in [0.2, 0.25) is 0 Å². The Morgan fingerprint density at radius 3 is 2.83 bits per heavy atom. The first-order valence-electron chi connectivity index (χ1n) is 5.26. The summed E-state index contributed by atoms with van der Waals surface area (Å²) in [5, 5.41) is 3.22. The van der Waals surface area contributed by atoms with E-state index in [0.717, 1.165) is 10.2 Å². The molecule has 0 fully saturated rings. The molecule has 0 aliphatic rings. The number of nitrogens with zero attached hydrogens (tertiary/aromatic N) is 1. The molecule has 0 atom stereocenters. The highest BCUT2D eigenvalue weighted by atomic mass is 79.9. The van der Waals surface area contributed by atoms with Gasteiger partial charge in [0.25, 0.3) is 5.91 Å². The van der Waals surface area contributed by atoms with Crippen LogP contribution in [0.5, 0.6) is 0 Å². The Labute approximate surface area is 118 Å². The normalized spacial score (nSPS) is 10.2. The molecule has 2 rings (SSSR count). The summed E-state index contributed by atoms with van der Waals surface area (Å²) < 4.78 is 0.847. The average Bonchev–Trinajstić information content (AvgIpc) is 2.34. The molecule has 1 heterocycles. The van der Waals surface area contributed by atoms with Gasteiger partial charge in [0, 0.05) is 10.2 Å². The lowest BCUT2D eigenvalue weighted by Gasteiger charge is -2.07. The Bertz CT molecular complexity index is 601. The van der Waals surface area contributed by atoms with Crippen molar-refractivity contribution in [2.45, 2.75) is 6.92 Å². The van der Waals surface area contributed by atoms with Gasteiger partial charge >= 0.3 is 0 Å². The first kappa shape index (κ1) is 13.1. The number of rotatable bonds is 2. The maximum atomic E-state index is 12.0. The second-order valence-electron chi connectivity index (χ2n) is 3.74. The summed E-state index contributed by atoms with van der Waals surface area (Å²) >= 11 is 9.33. The molecule has 0 saturated heterocycles. The van der Waals surface area contributed by atoms with Gasteiger partial charge in [0.15, 0.2) is 0 Å². The van der Waals surface area contributed by atoms with E-state index in [9.17, 15) is 4.79 Å². The van der Waals surface area contributed by atoms with Crippen molar-refractivity contribution < 1.29 is 4.79 Å². The van der Waals surface area contributed by atoms with Crippen LogP contribution < -0.4 is 5.32 Å². The number of carbonyl (C=O) groups is 1. The Morgan fingerprint density at radius 2 is 2.11 bits per heavy atom. The molecule has 1 amide bonds. The molecule has 0 saturated carbocycles. The average molecular weight is 326 g/mol. The molecule has 2 aromatic rings. The molecule has 1 aromatic heterocycles. The standard InChI is InChI=1S/C13H10BrClN2O/c1-8-3-2-4-11(16-8)13(18)17-12-7-9(14)5-6-10(12)15/h2-7H,1H3,(H,17,18).